The predicted octanol–water partition coefficient (Wildman–Crippen LogP) is 34.6. The third-order valence-corrected chi connectivity index (χ3v) is 28.7. The molecule has 0 aliphatic carbocycles. The average molecular weight is 1790 g/mol. The molecule has 0 spiro atoms. The largest absolute Gasteiger partial charge is 0.309 e. The van der Waals surface area contributed by atoms with Crippen LogP contribution in [0.25, 0.3) is 280 Å². The molecule has 0 N–H and O–H groups in total. The van der Waals surface area contributed by atoms with Gasteiger partial charge in [-0.15, -0.1) is 0 Å². The summed E-state index contributed by atoms with van der Waals surface area (Å²) in [7, 11) is 0. The summed E-state index contributed by atoms with van der Waals surface area (Å²) in [5, 5.41) is 37.0. The van der Waals surface area contributed by atoms with Crippen LogP contribution in [-0.2, 0) is 0 Å². The Bertz CT molecular complexity index is 10200. The van der Waals surface area contributed by atoms with E-state index in [1.807, 2.05) is 72.8 Å². The Labute approximate surface area is 809 Å². The molecule has 0 unspecified atom stereocenters. The van der Waals surface area contributed by atoms with Crippen LogP contribution in [0.2, 0.25) is 0 Å². The maximum absolute atomic E-state index is 5.27. The summed E-state index contributed by atoms with van der Waals surface area (Å²) in [5.41, 5.74) is 16.7. The number of benzene rings is 25. The van der Waals surface area contributed by atoms with Gasteiger partial charge < -0.3 is 4.57 Å². The first-order chi connectivity index (χ1) is 70.0. The van der Waals surface area contributed by atoms with Gasteiger partial charge in [0.05, 0.1) is 33.1 Å². The lowest BCUT2D eigenvalue weighted by Gasteiger charge is -2.16. The van der Waals surface area contributed by atoms with Gasteiger partial charge in [-0.2, -0.15) is 19.9 Å². The van der Waals surface area contributed by atoms with Gasteiger partial charge in [-0.3, -0.25) is 9.13 Å². The molecule has 0 aliphatic heterocycles. The third-order valence-electron chi connectivity index (χ3n) is 28.7. The first kappa shape index (κ1) is 80.5. The van der Waals surface area contributed by atoms with Crippen molar-refractivity contribution in [3.63, 3.8) is 0 Å². The highest BCUT2D eigenvalue weighted by Gasteiger charge is 2.30. The summed E-state index contributed by atoms with van der Waals surface area (Å²) in [4.78, 5) is 31.1. The van der Waals surface area contributed by atoms with Crippen molar-refractivity contribution in [1.29, 1.82) is 0 Å². The van der Waals surface area contributed by atoms with Crippen LogP contribution in [0.3, 0.4) is 0 Å². The minimum atomic E-state index is 0.595. The van der Waals surface area contributed by atoms with Crippen LogP contribution in [0.5, 0.6) is 0 Å². The third kappa shape index (κ3) is 13.0. The maximum atomic E-state index is 5.27. The molecule has 5 aromatic heterocycles. The molecule has 0 aliphatic rings. The van der Waals surface area contributed by atoms with Gasteiger partial charge in [0.15, 0.2) is 23.3 Å². The number of nitrogens with zero attached hydrogens (tertiary/aromatic N) is 9. The molecule has 0 atom stereocenters. The van der Waals surface area contributed by atoms with Crippen molar-refractivity contribution in [2.24, 2.45) is 0 Å². The maximum Gasteiger partial charge on any atom is 0.238 e. The van der Waals surface area contributed by atoms with Gasteiger partial charge in [0.2, 0.25) is 11.9 Å². The number of rotatable bonds is 9. The van der Waals surface area contributed by atoms with Crippen LogP contribution in [0.4, 0.5) is 0 Å². The molecule has 0 bridgehead atoms. The van der Waals surface area contributed by atoms with E-state index in [1.54, 1.807) is 0 Å². The smallest absolute Gasteiger partial charge is 0.238 e. The molecule has 654 valence electrons. The van der Waals surface area contributed by atoms with Gasteiger partial charge in [-0.05, 0) is 144 Å². The van der Waals surface area contributed by atoms with Crippen LogP contribution in [0.1, 0.15) is 0 Å². The average Bonchev–Trinajstić information content (AvgIpc) is 1.55. The monoisotopic (exact) mass is 1790 g/mol. The molecule has 30 aromatic rings. The zero-order valence-electron chi connectivity index (χ0n) is 76.3. The molecule has 9 nitrogen and oxygen atoms in total. The summed E-state index contributed by atoms with van der Waals surface area (Å²) in [6, 6.07) is 175. The summed E-state index contributed by atoms with van der Waals surface area (Å²) >= 11 is 0. The Kier molecular flexibility index (Phi) is 18.8. The zero-order chi connectivity index (χ0) is 92.7. The van der Waals surface area contributed by atoms with Gasteiger partial charge >= 0.3 is 0 Å². The van der Waals surface area contributed by atoms with Gasteiger partial charge in [-0.1, -0.05) is 461 Å². The predicted molar refractivity (Wildman–Crippen MR) is 592 cm³/mol. The second-order valence-corrected chi connectivity index (χ2v) is 36.5. The number of fused-ring (bicyclic) bond motifs is 36. The minimum absolute atomic E-state index is 0.595. The van der Waals surface area contributed by atoms with Crippen molar-refractivity contribution in [2.45, 2.75) is 0 Å². The van der Waals surface area contributed by atoms with Gasteiger partial charge in [0, 0.05) is 98.0 Å². The molecule has 9 heteroatoms. The Morgan fingerprint density at radius 2 is 0.411 bits per heavy atom. The van der Waals surface area contributed by atoms with E-state index < -0.39 is 0 Å². The summed E-state index contributed by atoms with van der Waals surface area (Å²) < 4.78 is 7.09. The van der Waals surface area contributed by atoms with Crippen molar-refractivity contribution in [2.75, 3.05) is 0 Å². The Morgan fingerprint density at radius 1 is 0.135 bits per heavy atom. The lowest BCUT2D eigenvalue weighted by molar-refractivity contribution is 0.955. The Morgan fingerprint density at radius 3 is 0.844 bits per heavy atom. The second kappa shape index (κ2) is 33.0. The van der Waals surface area contributed by atoms with Crippen molar-refractivity contribution >= 4 is 195 Å². The zero-order valence-corrected chi connectivity index (χ0v) is 76.3. The quantitative estimate of drug-likeness (QED) is 0.134. The van der Waals surface area contributed by atoms with E-state index in [4.69, 9.17) is 29.9 Å². The highest BCUT2D eigenvalue weighted by atomic mass is 15.2. The fraction of sp³-hybridized carbons (Fsp3) is 0. The molecule has 0 amide bonds. The number of hydrogen-bond donors (Lipinski definition) is 0. The van der Waals surface area contributed by atoms with Gasteiger partial charge in [0.1, 0.15) is 0 Å². The van der Waals surface area contributed by atoms with Gasteiger partial charge in [0.25, 0.3) is 0 Å². The van der Waals surface area contributed by atoms with Gasteiger partial charge in [-0.25, -0.2) is 9.97 Å². The van der Waals surface area contributed by atoms with E-state index in [2.05, 4.69) is 432 Å². The molecule has 0 saturated heterocycles. The van der Waals surface area contributed by atoms with Crippen LogP contribution >= 0.6 is 0 Å². The Hall–Kier alpha value is -19.0. The summed E-state index contributed by atoms with van der Waals surface area (Å²) in [6.07, 6.45) is 0. The molecule has 30 rings (SSSR count). The molecular weight excluding hydrogens is 1710 g/mol. The highest BCUT2D eigenvalue weighted by molar-refractivity contribution is 6.43. The van der Waals surface area contributed by atoms with Crippen LogP contribution in [0.15, 0.2) is 491 Å². The first-order valence-corrected chi connectivity index (χ1v) is 48.1. The van der Waals surface area contributed by atoms with E-state index in [-0.39, 0.29) is 0 Å². The fourth-order valence-corrected chi connectivity index (χ4v) is 22.6. The molecule has 5 heterocycles. The minimum Gasteiger partial charge on any atom is -0.309 e. The normalized spacial score (nSPS) is 11.8. The molecule has 0 fully saturated rings. The molecule has 0 radical (unpaired) electrons. The van der Waals surface area contributed by atoms with Crippen molar-refractivity contribution in [1.82, 2.24) is 43.6 Å². The van der Waals surface area contributed by atoms with Crippen LogP contribution < -0.4 is 0 Å². The van der Waals surface area contributed by atoms with Crippen molar-refractivity contribution in [3.8, 4) is 85.4 Å². The first-order valence-electron chi connectivity index (χ1n) is 48.1. The van der Waals surface area contributed by atoms with Crippen LogP contribution in [0, 0.1) is 0 Å². The molecule has 141 heavy (non-hydrogen) atoms. The fourth-order valence-electron chi connectivity index (χ4n) is 22.6. The topological polar surface area (TPSA) is 92.1 Å². The second-order valence-electron chi connectivity index (χ2n) is 36.5. The standard InChI is InChI=1S/C46H29N.2C43H26N4/c1-3-13-30(14-4-1)31-23-26-34(27-24-31)47-42-28-25-33-17-7-8-18-35(33)44(42)45-43-38-21-11-9-19-36(38)40(32-15-5-2-6-16-32)29-41(43)37-20-10-12-22-39(37)46(45)47;1-3-15-29(16-4-1)41-44-42(30-17-5-2-6-18-30)46-43(45-41)47-39-32-20-10-8-14-28(32)24-26-36(39)38-37-31-19-9-7-13-27(31)23-25-34(37)33-21-11-12-22-35(33)40(38)47;1-3-15-29(16-4-1)41-44-42(30-17-5-2-6-18-30)46-43(45-41)47-36-26-24-28-14-8-10-20-32(28)38(36)39-37-31-19-9-7-13-27(31)23-25-34(37)33-21-11-12-22-35(33)40(39)47/h1-29H;2*1-26H. The van der Waals surface area contributed by atoms with Crippen LogP contribution in [-0.4, -0.2) is 43.6 Å². The van der Waals surface area contributed by atoms with E-state index in [0.717, 1.165) is 66.2 Å². The lowest BCUT2D eigenvalue weighted by Crippen LogP contribution is -2.07. The van der Waals surface area contributed by atoms with Crippen molar-refractivity contribution < 1.29 is 0 Å². The summed E-state index contributed by atoms with van der Waals surface area (Å²) in [5.74, 6) is 3.75. The van der Waals surface area contributed by atoms with E-state index in [9.17, 15) is 0 Å². The number of aromatic nitrogens is 9. The molecular formula is C132H81N9. The Balaban J connectivity index is 0.000000104. The van der Waals surface area contributed by atoms with E-state index >= 15 is 0 Å². The number of hydrogen-bond acceptors (Lipinski definition) is 6. The van der Waals surface area contributed by atoms with Crippen molar-refractivity contribution in [3.05, 3.63) is 491 Å². The highest BCUT2D eigenvalue weighted by Crippen LogP contribution is 2.53. The van der Waals surface area contributed by atoms with E-state index in [0.29, 0.717) is 35.2 Å². The molecule has 25 aromatic carbocycles. The molecule has 0 saturated carbocycles. The SMILES string of the molecule is c1ccc(-c2ccc(-n3c4ccc5ccccc5c4c4c5c6ccccc6c(-c6ccccc6)cc5c5ccccc5c43)cc2)cc1.c1ccc(-c2nc(-c3ccccc3)nc(-n3c4c5ccccc5ccc4c4c5c6ccccc6ccc5c5ccccc5c43)n2)cc1.c1ccc(-c2nc(-c3ccccc3)nc(-n3c4ccc5ccccc5c4c4c5c6ccccc6ccc5c5ccccc5c43)n2)cc1. The van der Waals surface area contributed by atoms with E-state index in [1.165, 1.54) is 179 Å². The summed E-state index contributed by atoms with van der Waals surface area (Å²) in [6.45, 7) is 0. The lowest BCUT2D eigenvalue weighted by atomic mass is 9.88.